The molecule has 1 saturated carbocycles. The summed E-state index contributed by atoms with van der Waals surface area (Å²) in [5.41, 5.74) is -0.308. The fraction of sp³-hybridized carbons (Fsp3) is 0.900. The molecule has 0 aromatic rings. The zero-order valence-electron chi connectivity index (χ0n) is 8.78. The third-order valence-electron chi connectivity index (χ3n) is 3.12. The van der Waals surface area contributed by atoms with Gasteiger partial charge in [0, 0.05) is 12.4 Å². The molecule has 0 heterocycles. The summed E-state index contributed by atoms with van der Waals surface area (Å²) in [6.07, 6.45) is 4.78. The summed E-state index contributed by atoms with van der Waals surface area (Å²) in [5, 5.41) is 0. The van der Waals surface area contributed by atoms with Crippen molar-refractivity contribution in [1.29, 1.82) is 0 Å². The van der Waals surface area contributed by atoms with Crippen LogP contribution in [0.1, 0.15) is 46.0 Å². The zero-order chi connectivity index (χ0) is 10.6. The van der Waals surface area contributed by atoms with Gasteiger partial charge in [0.25, 0.3) is 0 Å². The van der Waals surface area contributed by atoms with Crippen molar-refractivity contribution in [3.63, 3.8) is 0 Å². The topological polar surface area (TPSA) is 38.7 Å². The summed E-state index contributed by atoms with van der Waals surface area (Å²) >= 11 is 4.33. The highest BCUT2D eigenvalue weighted by molar-refractivity contribution is 7.47. The minimum absolute atomic E-state index is 0.308. The molecule has 4 heteroatoms. The summed E-state index contributed by atoms with van der Waals surface area (Å²) in [5.74, 6) is 0.337. The van der Waals surface area contributed by atoms with Crippen molar-refractivity contribution >= 4 is 18.5 Å². The number of hydrogen-bond donors (Lipinski definition) is 0. The van der Waals surface area contributed by atoms with Gasteiger partial charge in [0.05, 0.1) is 0 Å². The molecule has 0 aliphatic heterocycles. The van der Waals surface area contributed by atoms with Gasteiger partial charge in [0.15, 0.2) is 0 Å². The van der Waals surface area contributed by atoms with E-state index >= 15 is 0 Å². The zero-order valence-corrected chi connectivity index (χ0v) is 9.60. The van der Waals surface area contributed by atoms with E-state index < -0.39 is 6.09 Å². The quantitative estimate of drug-likeness (QED) is 0.710. The number of carbonyl (C=O) groups is 1. The lowest BCUT2D eigenvalue weighted by Crippen LogP contribution is -2.41. The second-order valence-electron chi connectivity index (χ2n) is 4.24. The predicted molar refractivity (Wildman–Crippen MR) is 56.9 cm³/mol. The summed E-state index contributed by atoms with van der Waals surface area (Å²) < 4.78 is 8.51. The van der Waals surface area contributed by atoms with E-state index in [0.717, 1.165) is 25.7 Å². The van der Waals surface area contributed by atoms with Gasteiger partial charge in [-0.05, 0) is 31.6 Å². The van der Waals surface area contributed by atoms with Crippen LogP contribution in [0.3, 0.4) is 0 Å². The normalized spacial score (nSPS) is 20.5. The highest BCUT2D eigenvalue weighted by atomic mass is 32.1. The average molecular weight is 215 g/mol. The van der Waals surface area contributed by atoms with Gasteiger partial charge in [-0.2, -0.15) is 0 Å². The number of amides is 1. The van der Waals surface area contributed by atoms with Crippen LogP contribution >= 0.6 is 0 Å². The van der Waals surface area contributed by atoms with Gasteiger partial charge in [0.2, 0.25) is 0 Å². The monoisotopic (exact) mass is 215 g/mol. The minimum atomic E-state index is -0.601. The predicted octanol–water partition coefficient (Wildman–Crippen LogP) is 3.21. The number of carbonyl (C=O) groups excluding carboxylic acids is 1. The number of ether oxygens (including phenoxy) is 1. The van der Waals surface area contributed by atoms with Gasteiger partial charge in [-0.1, -0.05) is 20.3 Å². The summed E-state index contributed by atoms with van der Waals surface area (Å²) in [6, 6.07) is 0. The van der Waals surface area contributed by atoms with Gasteiger partial charge in [-0.25, -0.2) is 4.79 Å². The lowest BCUT2D eigenvalue weighted by Gasteiger charge is -2.39. The third-order valence-corrected chi connectivity index (χ3v) is 3.27. The SMILES string of the molecule is CC(C)C1(OC(=O)N=S)CCCCC1. The number of nitrogens with zero attached hydrogens (tertiary/aromatic N) is 1. The Morgan fingerprint density at radius 3 is 2.36 bits per heavy atom. The molecule has 3 nitrogen and oxygen atoms in total. The van der Waals surface area contributed by atoms with Crippen LogP contribution in [-0.4, -0.2) is 11.7 Å². The van der Waals surface area contributed by atoms with Crippen molar-refractivity contribution in [3.05, 3.63) is 0 Å². The molecule has 1 amide bonds. The molecule has 1 aliphatic rings. The fourth-order valence-electron chi connectivity index (χ4n) is 2.14. The van der Waals surface area contributed by atoms with Gasteiger partial charge < -0.3 is 4.74 Å². The maximum absolute atomic E-state index is 11.1. The molecule has 0 saturated heterocycles. The number of rotatable bonds is 2. The first kappa shape index (κ1) is 11.6. The van der Waals surface area contributed by atoms with Crippen molar-refractivity contribution in [2.24, 2.45) is 10.3 Å². The Hall–Kier alpha value is -0.510. The second kappa shape index (κ2) is 4.82. The van der Waals surface area contributed by atoms with Crippen molar-refractivity contribution in [3.8, 4) is 0 Å². The standard InChI is InChI=1S/C10H17NO2S/c1-8(2)10(13-9(12)11-14)6-4-3-5-7-10/h8H,3-7H2,1-2H3. The molecular weight excluding hydrogens is 198 g/mol. The Morgan fingerprint density at radius 1 is 1.36 bits per heavy atom. The van der Waals surface area contributed by atoms with E-state index in [1.54, 1.807) is 0 Å². The van der Waals surface area contributed by atoms with Crippen LogP contribution in [0.4, 0.5) is 4.79 Å². The highest BCUT2D eigenvalue weighted by Crippen LogP contribution is 2.37. The van der Waals surface area contributed by atoms with E-state index in [1.165, 1.54) is 6.42 Å². The van der Waals surface area contributed by atoms with Crippen molar-refractivity contribution < 1.29 is 9.53 Å². The largest absolute Gasteiger partial charge is 0.445 e. The third kappa shape index (κ3) is 2.50. The molecule has 14 heavy (non-hydrogen) atoms. The Kier molecular flexibility index (Phi) is 3.98. The van der Waals surface area contributed by atoms with Crippen molar-refractivity contribution in [2.75, 3.05) is 0 Å². The lowest BCUT2D eigenvalue weighted by molar-refractivity contribution is -0.0462. The van der Waals surface area contributed by atoms with Crippen LogP contribution < -0.4 is 0 Å². The Bertz CT molecular complexity index is 222. The average Bonchev–Trinajstić information content (AvgIpc) is 2.19. The molecule has 1 rings (SSSR count). The van der Waals surface area contributed by atoms with Gasteiger partial charge in [-0.15, -0.1) is 4.36 Å². The Labute approximate surface area is 90.4 Å². The first-order valence-electron chi connectivity index (χ1n) is 5.17. The van der Waals surface area contributed by atoms with Crippen LogP contribution in [0.2, 0.25) is 0 Å². The molecule has 0 bridgehead atoms. The maximum Gasteiger partial charge on any atom is 0.445 e. The molecule has 0 spiro atoms. The molecule has 0 aromatic heterocycles. The van der Waals surface area contributed by atoms with E-state index in [9.17, 15) is 4.79 Å². The number of hydrogen-bond acceptors (Lipinski definition) is 3. The minimum Gasteiger partial charge on any atom is -0.440 e. The van der Waals surface area contributed by atoms with Crippen molar-refractivity contribution in [1.82, 2.24) is 0 Å². The molecule has 1 fully saturated rings. The molecular formula is C10H17NO2S. The maximum atomic E-state index is 11.1. The molecule has 1 aliphatic carbocycles. The lowest BCUT2D eigenvalue weighted by atomic mass is 9.77. The first-order chi connectivity index (χ1) is 6.60. The summed E-state index contributed by atoms with van der Waals surface area (Å²) in [7, 11) is 0. The van der Waals surface area contributed by atoms with Crippen LogP contribution in [0, 0.1) is 5.92 Å². The van der Waals surface area contributed by atoms with Gasteiger partial charge in [-0.3, -0.25) is 0 Å². The summed E-state index contributed by atoms with van der Waals surface area (Å²) in [6.45, 7) is 4.17. The molecule has 0 unspecified atom stereocenters. The molecule has 0 atom stereocenters. The van der Waals surface area contributed by atoms with E-state index in [1.807, 2.05) is 0 Å². The molecule has 0 N–H and O–H groups in total. The van der Waals surface area contributed by atoms with Crippen LogP contribution in [0.25, 0.3) is 0 Å². The molecule has 0 aromatic carbocycles. The highest BCUT2D eigenvalue weighted by Gasteiger charge is 2.38. The Morgan fingerprint density at radius 2 is 1.93 bits per heavy atom. The summed E-state index contributed by atoms with van der Waals surface area (Å²) in [4.78, 5) is 11.1. The van der Waals surface area contributed by atoms with E-state index in [0.29, 0.717) is 5.92 Å². The smallest absolute Gasteiger partial charge is 0.440 e. The van der Waals surface area contributed by atoms with Crippen LogP contribution in [-0.2, 0) is 17.2 Å². The Balaban J connectivity index is 2.70. The van der Waals surface area contributed by atoms with Crippen LogP contribution in [0.15, 0.2) is 4.36 Å². The molecule has 80 valence electrons. The molecule has 0 radical (unpaired) electrons. The van der Waals surface area contributed by atoms with E-state index in [2.05, 4.69) is 30.6 Å². The first-order valence-corrected chi connectivity index (χ1v) is 5.53. The fourth-order valence-corrected chi connectivity index (χ4v) is 2.18. The van der Waals surface area contributed by atoms with E-state index in [-0.39, 0.29) is 5.60 Å². The van der Waals surface area contributed by atoms with Gasteiger partial charge >= 0.3 is 6.09 Å². The second-order valence-corrected chi connectivity index (χ2v) is 4.42. The van der Waals surface area contributed by atoms with Crippen LogP contribution in [0.5, 0.6) is 0 Å². The van der Waals surface area contributed by atoms with Gasteiger partial charge in [0.1, 0.15) is 5.60 Å². The van der Waals surface area contributed by atoms with E-state index in [4.69, 9.17) is 4.74 Å². The van der Waals surface area contributed by atoms with Crippen molar-refractivity contribution in [2.45, 2.75) is 51.6 Å².